The number of sulfonamides is 1. The molecule has 1 atom stereocenters. The normalized spacial score (nSPS) is 16.7. The van der Waals surface area contributed by atoms with Gasteiger partial charge < -0.3 is 14.3 Å². The van der Waals surface area contributed by atoms with Gasteiger partial charge in [-0.1, -0.05) is 29.8 Å². The lowest BCUT2D eigenvalue weighted by Gasteiger charge is -2.21. The van der Waals surface area contributed by atoms with Gasteiger partial charge in [0.1, 0.15) is 17.6 Å². The zero-order chi connectivity index (χ0) is 23.6. The molecule has 0 saturated carbocycles. The Kier molecular flexibility index (Phi) is 6.73. The molecule has 1 N–H and O–H groups in total. The number of nitrogens with zero attached hydrogens (tertiary/aromatic N) is 2. The number of aliphatic carboxylic acids is 1. The van der Waals surface area contributed by atoms with Crippen LogP contribution in [0.15, 0.2) is 57.8 Å². The Balaban J connectivity index is 1.42. The van der Waals surface area contributed by atoms with Crippen molar-refractivity contribution >= 4 is 27.6 Å². The highest BCUT2D eigenvalue weighted by molar-refractivity contribution is 7.89. The molecule has 8 nitrogen and oxygen atoms in total. The molecule has 0 spiro atoms. The maximum atomic E-state index is 12.9. The average Bonchev–Trinajstić information content (AvgIpc) is 3.43. The number of rotatable bonds is 8. The van der Waals surface area contributed by atoms with Gasteiger partial charge in [-0.3, -0.25) is 4.79 Å². The fraction of sp³-hybridized carbons (Fsp3) is 0.304. The Morgan fingerprint density at radius 2 is 2.03 bits per heavy atom. The maximum absolute atomic E-state index is 12.9. The molecule has 1 fully saturated rings. The first-order valence-corrected chi connectivity index (χ1v) is 12.3. The van der Waals surface area contributed by atoms with Crippen molar-refractivity contribution in [1.82, 2.24) is 9.29 Å². The van der Waals surface area contributed by atoms with Crippen molar-refractivity contribution in [3.8, 4) is 17.2 Å². The summed E-state index contributed by atoms with van der Waals surface area (Å²) in [4.78, 5) is 15.9. The van der Waals surface area contributed by atoms with Gasteiger partial charge in [0.15, 0.2) is 0 Å². The number of benzene rings is 2. The molecular weight excluding hydrogens is 468 g/mol. The van der Waals surface area contributed by atoms with Crippen LogP contribution in [0.5, 0.6) is 5.75 Å². The molecular formula is C23H23ClN2O6S. The molecule has 2 aromatic carbocycles. The van der Waals surface area contributed by atoms with E-state index in [4.69, 9.17) is 20.8 Å². The van der Waals surface area contributed by atoms with Crippen LogP contribution in [-0.2, 0) is 21.2 Å². The van der Waals surface area contributed by atoms with Crippen LogP contribution in [-0.4, -0.2) is 48.0 Å². The molecule has 0 aliphatic carbocycles. The van der Waals surface area contributed by atoms with Crippen LogP contribution in [0, 0.1) is 6.92 Å². The molecule has 1 aromatic heterocycles. The summed E-state index contributed by atoms with van der Waals surface area (Å²) in [6.45, 7) is 2.27. The monoisotopic (exact) mass is 490 g/mol. The van der Waals surface area contributed by atoms with E-state index in [-0.39, 0.29) is 29.5 Å². The summed E-state index contributed by atoms with van der Waals surface area (Å²) in [5, 5.41) is 9.43. The third-order valence-electron chi connectivity index (χ3n) is 5.51. The molecule has 1 saturated heterocycles. The van der Waals surface area contributed by atoms with E-state index in [0.717, 1.165) is 15.6 Å². The van der Waals surface area contributed by atoms with Crippen LogP contribution in [0.4, 0.5) is 0 Å². The number of ether oxygens (including phenoxy) is 1. The minimum absolute atomic E-state index is 0.0622. The van der Waals surface area contributed by atoms with E-state index >= 15 is 0 Å². The predicted octanol–water partition coefficient (Wildman–Crippen LogP) is 4.16. The number of carboxylic acids is 1. The fourth-order valence-electron chi connectivity index (χ4n) is 3.79. The largest absolute Gasteiger partial charge is 0.492 e. The molecule has 174 valence electrons. The first-order valence-electron chi connectivity index (χ1n) is 10.5. The molecule has 0 unspecified atom stereocenters. The van der Waals surface area contributed by atoms with Crippen molar-refractivity contribution in [3.05, 3.63) is 65.0 Å². The lowest BCUT2D eigenvalue weighted by molar-refractivity contribution is -0.140. The van der Waals surface area contributed by atoms with Gasteiger partial charge in [0.05, 0.1) is 22.2 Å². The number of carboxylic acid groups (broad SMARTS) is 1. The van der Waals surface area contributed by atoms with Crippen LogP contribution in [0.25, 0.3) is 11.5 Å². The summed E-state index contributed by atoms with van der Waals surface area (Å²) < 4.78 is 38.3. The second-order valence-electron chi connectivity index (χ2n) is 7.69. The van der Waals surface area contributed by atoms with Gasteiger partial charge in [0.2, 0.25) is 15.9 Å². The first kappa shape index (κ1) is 23.3. The van der Waals surface area contributed by atoms with Crippen molar-refractivity contribution in [3.63, 3.8) is 0 Å². The summed E-state index contributed by atoms with van der Waals surface area (Å²) in [7, 11) is -3.97. The van der Waals surface area contributed by atoms with Crippen molar-refractivity contribution < 1.29 is 27.5 Å². The molecule has 3 aromatic rings. The van der Waals surface area contributed by atoms with Crippen LogP contribution >= 0.6 is 11.6 Å². The standard InChI is InChI=1S/C23H23ClN2O6S/c1-15-19(25-22(32-15)16-6-3-2-4-7-16)11-13-31-21-10-9-17(14-18(21)24)33(29,30)26-12-5-8-20(26)23(27)28/h2-4,6-7,9-10,14,20H,5,8,11-13H2,1H3,(H,27,28)/t20-/m1/s1. The third-order valence-corrected chi connectivity index (χ3v) is 7.71. The SMILES string of the molecule is Cc1oc(-c2ccccc2)nc1CCOc1ccc(S(=O)(=O)N2CCC[C@@H]2C(=O)O)cc1Cl. The van der Waals surface area contributed by atoms with Gasteiger partial charge in [-0.2, -0.15) is 4.31 Å². The summed E-state index contributed by atoms with van der Waals surface area (Å²) in [6, 6.07) is 12.7. The molecule has 0 amide bonds. The van der Waals surface area contributed by atoms with Gasteiger partial charge in [0.25, 0.3) is 0 Å². The van der Waals surface area contributed by atoms with Crippen molar-refractivity contribution in [2.24, 2.45) is 0 Å². The van der Waals surface area contributed by atoms with Crippen LogP contribution < -0.4 is 4.74 Å². The van der Waals surface area contributed by atoms with E-state index in [1.54, 1.807) is 0 Å². The maximum Gasteiger partial charge on any atom is 0.322 e. The van der Waals surface area contributed by atoms with E-state index < -0.39 is 22.0 Å². The number of hydrogen-bond donors (Lipinski definition) is 1. The van der Waals surface area contributed by atoms with Gasteiger partial charge in [0, 0.05) is 18.5 Å². The van der Waals surface area contributed by atoms with Gasteiger partial charge >= 0.3 is 5.97 Å². The van der Waals surface area contributed by atoms with Crippen LogP contribution in [0.2, 0.25) is 5.02 Å². The Morgan fingerprint density at radius 3 is 2.73 bits per heavy atom. The summed E-state index contributed by atoms with van der Waals surface area (Å²) in [5.41, 5.74) is 1.65. The zero-order valence-corrected chi connectivity index (χ0v) is 19.5. The molecule has 10 heteroatoms. The van der Waals surface area contributed by atoms with E-state index in [9.17, 15) is 18.3 Å². The summed E-state index contributed by atoms with van der Waals surface area (Å²) in [5.74, 6) is 0.415. The minimum Gasteiger partial charge on any atom is -0.492 e. The topological polar surface area (TPSA) is 110 Å². The number of aromatic nitrogens is 1. The van der Waals surface area contributed by atoms with Gasteiger partial charge in [-0.15, -0.1) is 0 Å². The fourth-order valence-corrected chi connectivity index (χ4v) is 5.77. The van der Waals surface area contributed by atoms with Crippen molar-refractivity contribution in [2.45, 2.75) is 37.1 Å². The van der Waals surface area contributed by atoms with E-state index in [2.05, 4.69) is 4.98 Å². The second kappa shape index (κ2) is 9.54. The highest BCUT2D eigenvalue weighted by atomic mass is 35.5. The van der Waals surface area contributed by atoms with Crippen LogP contribution in [0.1, 0.15) is 24.3 Å². The minimum atomic E-state index is -3.97. The molecule has 1 aliphatic rings. The lowest BCUT2D eigenvalue weighted by Crippen LogP contribution is -2.40. The second-order valence-corrected chi connectivity index (χ2v) is 9.99. The molecule has 1 aliphatic heterocycles. The molecule has 33 heavy (non-hydrogen) atoms. The number of hydrogen-bond acceptors (Lipinski definition) is 6. The predicted molar refractivity (Wildman–Crippen MR) is 122 cm³/mol. The quantitative estimate of drug-likeness (QED) is 0.504. The van der Waals surface area contributed by atoms with Crippen LogP contribution in [0.3, 0.4) is 0 Å². The average molecular weight is 491 g/mol. The molecule has 4 rings (SSSR count). The summed E-state index contributed by atoms with van der Waals surface area (Å²) in [6.07, 6.45) is 1.27. The lowest BCUT2D eigenvalue weighted by atomic mass is 10.2. The van der Waals surface area contributed by atoms with E-state index in [1.807, 2.05) is 37.3 Å². The Bertz CT molecular complexity index is 1260. The Morgan fingerprint density at radius 1 is 1.27 bits per heavy atom. The highest BCUT2D eigenvalue weighted by Crippen LogP contribution is 2.32. The van der Waals surface area contributed by atoms with E-state index in [1.165, 1.54) is 18.2 Å². The first-order chi connectivity index (χ1) is 15.8. The number of oxazole rings is 1. The zero-order valence-electron chi connectivity index (χ0n) is 17.9. The molecule has 0 radical (unpaired) electrons. The Hall–Kier alpha value is -2.88. The molecule has 0 bridgehead atoms. The van der Waals surface area contributed by atoms with E-state index in [0.29, 0.717) is 30.2 Å². The number of halogens is 1. The number of carbonyl (C=O) groups is 1. The number of aryl methyl sites for hydroxylation is 1. The van der Waals surface area contributed by atoms with Gasteiger partial charge in [-0.05, 0) is 50.1 Å². The smallest absolute Gasteiger partial charge is 0.322 e. The van der Waals surface area contributed by atoms with Gasteiger partial charge in [-0.25, -0.2) is 13.4 Å². The Labute approximate surface area is 196 Å². The third kappa shape index (κ3) is 4.90. The van der Waals surface area contributed by atoms with Crippen molar-refractivity contribution in [1.29, 1.82) is 0 Å². The summed E-state index contributed by atoms with van der Waals surface area (Å²) >= 11 is 6.28. The van der Waals surface area contributed by atoms with Crippen molar-refractivity contribution in [2.75, 3.05) is 13.2 Å². The highest BCUT2D eigenvalue weighted by Gasteiger charge is 2.39. The molecule has 2 heterocycles.